The minimum absolute atomic E-state index is 0.233. The highest BCUT2D eigenvalue weighted by atomic mass is 35.5. The Morgan fingerprint density at radius 3 is 3.04 bits per heavy atom. The molecule has 2 heterocycles. The summed E-state index contributed by atoms with van der Waals surface area (Å²) in [6.07, 6.45) is 4.68. The van der Waals surface area contributed by atoms with Crippen LogP contribution in [0.15, 0.2) is 24.5 Å². The van der Waals surface area contributed by atoms with Crippen LogP contribution in [0.1, 0.15) is 34.1 Å². The van der Waals surface area contributed by atoms with Gasteiger partial charge in [-0.15, -0.1) is 11.3 Å². The third-order valence-corrected chi connectivity index (χ3v) is 5.87. The molecule has 0 unspecified atom stereocenters. The lowest BCUT2D eigenvalue weighted by molar-refractivity contribution is 0.0998. The average molecular weight is 374 g/mol. The smallest absolute Gasteiger partial charge is 0.252 e. The first kappa shape index (κ1) is 16.3. The number of fused-ring (bicyclic) bond motifs is 3. The molecule has 0 spiro atoms. The van der Waals surface area contributed by atoms with Gasteiger partial charge in [0.1, 0.15) is 16.9 Å². The van der Waals surface area contributed by atoms with Crippen LogP contribution in [-0.4, -0.2) is 15.9 Å². The molecule has 0 bridgehead atoms. The fraction of sp³-hybridized carbons (Fsp3) is 0.278. The highest BCUT2D eigenvalue weighted by Crippen LogP contribution is 2.41. The molecule has 1 aromatic carbocycles. The van der Waals surface area contributed by atoms with Crippen LogP contribution in [0.25, 0.3) is 10.2 Å². The number of aryl methyl sites for hydroxylation is 1. The molecule has 1 aliphatic rings. The number of thiophene rings is 1. The number of hydrogen-bond donors (Lipinski definition) is 1. The molecule has 2 aromatic heterocycles. The van der Waals surface area contributed by atoms with E-state index in [1.807, 2.05) is 0 Å². The van der Waals surface area contributed by atoms with Crippen molar-refractivity contribution < 1.29 is 9.53 Å². The lowest BCUT2D eigenvalue weighted by Crippen LogP contribution is -2.12. The van der Waals surface area contributed by atoms with Crippen molar-refractivity contribution in [1.82, 2.24) is 9.97 Å². The average Bonchev–Trinajstić information content (AvgIpc) is 2.94. The van der Waals surface area contributed by atoms with E-state index in [9.17, 15) is 4.79 Å². The van der Waals surface area contributed by atoms with Crippen molar-refractivity contribution in [2.75, 3.05) is 0 Å². The fourth-order valence-corrected chi connectivity index (χ4v) is 4.72. The summed E-state index contributed by atoms with van der Waals surface area (Å²) < 4.78 is 5.99. The van der Waals surface area contributed by atoms with Gasteiger partial charge in [0.05, 0.1) is 10.9 Å². The van der Waals surface area contributed by atoms with Crippen LogP contribution in [0.4, 0.5) is 0 Å². The molecule has 2 N–H and O–H groups in total. The summed E-state index contributed by atoms with van der Waals surface area (Å²) in [4.78, 5) is 22.7. The molecule has 4 rings (SSSR count). The molecule has 0 saturated heterocycles. The van der Waals surface area contributed by atoms with Crippen molar-refractivity contribution in [3.63, 3.8) is 0 Å². The number of halogens is 1. The number of benzene rings is 1. The Morgan fingerprint density at radius 2 is 2.24 bits per heavy atom. The predicted molar refractivity (Wildman–Crippen MR) is 98.6 cm³/mol. The van der Waals surface area contributed by atoms with Crippen LogP contribution in [0.2, 0.25) is 5.02 Å². The molecule has 0 aliphatic heterocycles. The topological polar surface area (TPSA) is 78.1 Å². The minimum Gasteiger partial charge on any atom is -0.437 e. The SMILES string of the molecule is C[C@@H]1CCc2c(sc3ncnc(Oc4ccc(Cl)cc4C(N)=O)c23)C1. The number of nitrogens with zero attached hydrogens (tertiary/aromatic N) is 2. The molecule has 1 amide bonds. The van der Waals surface area contributed by atoms with Crippen LogP contribution in [0.3, 0.4) is 0 Å². The van der Waals surface area contributed by atoms with Gasteiger partial charge in [-0.1, -0.05) is 18.5 Å². The van der Waals surface area contributed by atoms with Gasteiger partial charge in [-0.05, 0) is 48.9 Å². The van der Waals surface area contributed by atoms with E-state index in [2.05, 4.69) is 16.9 Å². The summed E-state index contributed by atoms with van der Waals surface area (Å²) in [6.45, 7) is 2.27. The maximum atomic E-state index is 11.7. The van der Waals surface area contributed by atoms with Gasteiger partial charge in [-0.3, -0.25) is 4.79 Å². The first-order valence-corrected chi connectivity index (χ1v) is 9.25. The Labute approximate surface area is 153 Å². The van der Waals surface area contributed by atoms with E-state index in [1.54, 1.807) is 23.5 Å². The number of rotatable bonds is 3. The van der Waals surface area contributed by atoms with E-state index in [0.717, 1.165) is 29.5 Å². The van der Waals surface area contributed by atoms with E-state index < -0.39 is 5.91 Å². The molecule has 3 aromatic rings. The quantitative estimate of drug-likeness (QED) is 0.739. The number of hydrogen-bond acceptors (Lipinski definition) is 5. The molecule has 1 aliphatic carbocycles. The monoisotopic (exact) mass is 373 g/mol. The normalized spacial score (nSPS) is 16.6. The second-order valence-electron chi connectivity index (χ2n) is 6.32. The molecule has 5 nitrogen and oxygen atoms in total. The maximum absolute atomic E-state index is 11.7. The first-order chi connectivity index (χ1) is 12.0. The number of carbonyl (C=O) groups excluding carboxylic acids is 1. The molecular weight excluding hydrogens is 358 g/mol. The van der Waals surface area contributed by atoms with Crippen molar-refractivity contribution in [3.05, 3.63) is 45.6 Å². The lowest BCUT2D eigenvalue weighted by atomic mass is 9.89. The van der Waals surface area contributed by atoms with Crippen molar-refractivity contribution in [2.24, 2.45) is 11.7 Å². The van der Waals surface area contributed by atoms with Crippen LogP contribution in [0, 0.1) is 5.92 Å². The third kappa shape index (κ3) is 2.96. The zero-order valence-corrected chi connectivity index (χ0v) is 15.2. The highest BCUT2D eigenvalue weighted by molar-refractivity contribution is 7.18. The summed E-state index contributed by atoms with van der Waals surface area (Å²) >= 11 is 7.66. The standard InChI is InChI=1S/C18H16ClN3O2S/c1-9-2-4-11-14(6-9)25-18-15(11)17(21-8-22-18)24-13-5-3-10(19)7-12(13)16(20)23/h3,5,7-9H,2,4,6H2,1H3,(H2,20,23)/t9-/m1/s1. The Bertz CT molecular complexity index is 986. The van der Waals surface area contributed by atoms with Crippen LogP contribution >= 0.6 is 22.9 Å². The van der Waals surface area contributed by atoms with E-state index in [0.29, 0.717) is 22.6 Å². The van der Waals surface area contributed by atoms with Crippen molar-refractivity contribution in [1.29, 1.82) is 0 Å². The Balaban J connectivity index is 1.82. The number of primary amides is 1. The second kappa shape index (κ2) is 6.28. The van der Waals surface area contributed by atoms with E-state index in [4.69, 9.17) is 22.1 Å². The predicted octanol–water partition coefficient (Wildman–Crippen LogP) is 4.36. The Hall–Kier alpha value is -2.18. The van der Waals surface area contributed by atoms with Gasteiger partial charge in [0.2, 0.25) is 5.88 Å². The van der Waals surface area contributed by atoms with Gasteiger partial charge >= 0.3 is 0 Å². The third-order valence-electron chi connectivity index (χ3n) is 4.47. The fourth-order valence-electron chi connectivity index (χ4n) is 3.21. The summed E-state index contributed by atoms with van der Waals surface area (Å²) in [7, 11) is 0. The van der Waals surface area contributed by atoms with Crippen LogP contribution in [0.5, 0.6) is 11.6 Å². The van der Waals surface area contributed by atoms with Gasteiger partial charge in [0, 0.05) is 9.90 Å². The summed E-state index contributed by atoms with van der Waals surface area (Å²) in [5, 5.41) is 1.37. The molecular formula is C18H16ClN3O2S. The van der Waals surface area contributed by atoms with Gasteiger partial charge in [0.15, 0.2) is 0 Å². The molecule has 0 fully saturated rings. The maximum Gasteiger partial charge on any atom is 0.252 e. The number of ether oxygens (including phenoxy) is 1. The van der Waals surface area contributed by atoms with Crippen LogP contribution in [-0.2, 0) is 12.8 Å². The highest BCUT2D eigenvalue weighted by Gasteiger charge is 2.24. The molecule has 1 atom stereocenters. The number of amides is 1. The molecule has 25 heavy (non-hydrogen) atoms. The molecule has 7 heteroatoms. The Kier molecular flexibility index (Phi) is 4.09. The zero-order chi connectivity index (χ0) is 17.6. The molecule has 0 saturated carbocycles. The summed E-state index contributed by atoms with van der Waals surface area (Å²) in [5.41, 5.74) is 6.95. The second-order valence-corrected chi connectivity index (χ2v) is 7.84. The number of nitrogens with two attached hydrogens (primary N) is 1. The Morgan fingerprint density at radius 1 is 1.40 bits per heavy atom. The first-order valence-electron chi connectivity index (χ1n) is 8.05. The van der Waals surface area contributed by atoms with Gasteiger partial charge in [-0.2, -0.15) is 0 Å². The lowest BCUT2D eigenvalue weighted by Gasteiger charge is -2.18. The van der Waals surface area contributed by atoms with E-state index in [1.165, 1.54) is 22.8 Å². The van der Waals surface area contributed by atoms with E-state index in [-0.39, 0.29) is 5.56 Å². The largest absolute Gasteiger partial charge is 0.437 e. The summed E-state index contributed by atoms with van der Waals surface area (Å²) in [6, 6.07) is 4.80. The van der Waals surface area contributed by atoms with E-state index >= 15 is 0 Å². The zero-order valence-electron chi connectivity index (χ0n) is 13.6. The van der Waals surface area contributed by atoms with Crippen molar-refractivity contribution >= 4 is 39.1 Å². The number of aromatic nitrogens is 2. The molecule has 0 radical (unpaired) electrons. The van der Waals surface area contributed by atoms with Crippen molar-refractivity contribution in [3.8, 4) is 11.6 Å². The van der Waals surface area contributed by atoms with Gasteiger partial charge < -0.3 is 10.5 Å². The number of carbonyl (C=O) groups is 1. The minimum atomic E-state index is -0.594. The van der Waals surface area contributed by atoms with Gasteiger partial charge in [0.25, 0.3) is 5.91 Å². The molecule has 128 valence electrons. The van der Waals surface area contributed by atoms with Gasteiger partial charge in [-0.25, -0.2) is 9.97 Å². The summed E-state index contributed by atoms with van der Waals surface area (Å²) in [5.74, 6) is 0.891. The van der Waals surface area contributed by atoms with Crippen LogP contribution < -0.4 is 10.5 Å². The van der Waals surface area contributed by atoms with Crippen molar-refractivity contribution in [2.45, 2.75) is 26.2 Å².